The number of nitriles is 1. The van der Waals surface area contributed by atoms with Gasteiger partial charge in [0.05, 0.1) is 11.5 Å². The second kappa shape index (κ2) is 5.51. The van der Waals surface area contributed by atoms with Crippen LogP contribution in [0.3, 0.4) is 0 Å². The van der Waals surface area contributed by atoms with E-state index >= 15 is 0 Å². The van der Waals surface area contributed by atoms with E-state index in [1.165, 1.54) is 32.1 Å². The van der Waals surface area contributed by atoms with E-state index in [1.807, 2.05) is 13.8 Å². The smallest absolute Gasteiger partial charge is 0.0697 e. The molecule has 86 valence electrons. The SMILES string of the molecule is CCC1CCC(NCC(C)(C)C#N)CC1. The monoisotopic (exact) mass is 208 g/mol. The Kier molecular flexibility index (Phi) is 4.60. The molecule has 0 amide bonds. The highest BCUT2D eigenvalue weighted by atomic mass is 14.9. The first kappa shape index (κ1) is 12.5. The molecule has 0 aromatic rings. The van der Waals surface area contributed by atoms with Crippen LogP contribution in [0.1, 0.15) is 52.9 Å². The van der Waals surface area contributed by atoms with Crippen molar-refractivity contribution in [1.82, 2.24) is 5.32 Å². The highest BCUT2D eigenvalue weighted by Crippen LogP contribution is 2.26. The van der Waals surface area contributed by atoms with Gasteiger partial charge in [-0.15, -0.1) is 0 Å². The normalized spacial score (nSPS) is 27.3. The predicted octanol–water partition coefficient (Wildman–Crippen LogP) is 3.09. The average molecular weight is 208 g/mol. The van der Waals surface area contributed by atoms with Gasteiger partial charge < -0.3 is 5.32 Å². The second-order valence-electron chi connectivity index (χ2n) is 5.50. The van der Waals surface area contributed by atoms with Crippen LogP contribution >= 0.6 is 0 Å². The van der Waals surface area contributed by atoms with Crippen molar-refractivity contribution in [3.05, 3.63) is 0 Å². The van der Waals surface area contributed by atoms with E-state index in [1.54, 1.807) is 0 Å². The lowest BCUT2D eigenvalue weighted by atomic mass is 9.84. The fourth-order valence-corrected chi connectivity index (χ4v) is 2.21. The molecular formula is C13H24N2. The standard InChI is InChI=1S/C13H24N2/c1-4-11-5-7-12(8-6-11)15-10-13(2,3)9-14/h11-12,15H,4-8,10H2,1-3H3. The van der Waals surface area contributed by atoms with E-state index in [0.717, 1.165) is 12.5 Å². The molecule has 1 N–H and O–H groups in total. The Morgan fingerprint density at radius 3 is 2.33 bits per heavy atom. The average Bonchev–Trinajstić information content (AvgIpc) is 2.27. The molecule has 1 rings (SSSR count). The summed E-state index contributed by atoms with van der Waals surface area (Å²) in [6, 6.07) is 2.99. The molecule has 0 unspecified atom stereocenters. The quantitative estimate of drug-likeness (QED) is 0.770. The van der Waals surface area contributed by atoms with Crippen molar-refractivity contribution >= 4 is 0 Å². The Labute approximate surface area is 94.1 Å². The van der Waals surface area contributed by atoms with Crippen LogP contribution in [-0.2, 0) is 0 Å². The third-order valence-electron chi connectivity index (χ3n) is 3.56. The molecule has 0 heterocycles. The molecule has 0 saturated heterocycles. The first-order valence-corrected chi connectivity index (χ1v) is 6.22. The molecule has 0 radical (unpaired) electrons. The third-order valence-corrected chi connectivity index (χ3v) is 3.56. The van der Waals surface area contributed by atoms with E-state index in [2.05, 4.69) is 18.3 Å². The van der Waals surface area contributed by atoms with Gasteiger partial charge in [-0.25, -0.2) is 0 Å². The van der Waals surface area contributed by atoms with E-state index in [4.69, 9.17) is 5.26 Å². The molecule has 2 nitrogen and oxygen atoms in total. The van der Waals surface area contributed by atoms with Gasteiger partial charge >= 0.3 is 0 Å². The molecule has 15 heavy (non-hydrogen) atoms. The fourth-order valence-electron chi connectivity index (χ4n) is 2.21. The summed E-state index contributed by atoms with van der Waals surface area (Å²) < 4.78 is 0. The van der Waals surface area contributed by atoms with Crippen LogP contribution in [0.15, 0.2) is 0 Å². The molecular weight excluding hydrogens is 184 g/mol. The number of hydrogen-bond donors (Lipinski definition) is 1. The van der Waals surface area contributed by atoms with Crippen molar-refractivity contribution in [2.24, 2.45) is 11.3 Å². The highest BCUT2D eigenvalue weighted by Gasteiger charge is 2.22. The van der Waals surface area contributed by atoms with Gasteiger partial charge in [-0.05, 0) is 45.4 Å². The number of rotatable bonds is 4. The summed E-state index contributed by atoms with van der Waals surface area (Å²) in [6.45, 7) is 7.11. The number of hydrogen-bond acceptors (Lipinski definition) is 2. The highest BCUT2D eigenvalue weighted by molar-refractivity contribution is 4.94. The summed E-state index contributed by atoms with van der Waals surface area (Å²) in [5, 5.41) is 12.4. The number of nitrogens with one attached hydrogen (secondary N) is 1. The topological polar surface area (TPSA) is 35.8 Å². The summed E-state index contributed by atoms with van der Waals surface area (Å²) in [7, 11) is 0. The zero-order chi connectivity index (χ0) is 11.3. The third kappa shape index (κ3) is 4.22. The van der Waals surface area contributed by atoms with Crippen LogP contribution in [0.2, 0.25) is 0 Å². The largest absolute Gasteiger partial charge is 0.312 e. The summed E-state index contributed by atoms with van der Waals surface area (Å²) >= 11 is 0. The summed E-state index contributed by atoms with van der Waals surface area (Å²) in [4.78, 5) is 0. The van der Waals surface area contributed by atoms with Crippen LogP contribution in [-0.4, -0.2) is 12.6 Å². The first-order valence-electron chi connectivity index (χ1n) is 6.22. The molecule has 0 bridgehead atoms. The van der Waals surface area contributed by atoms with Crippen molar-refractivity contribution in [3.8, 4) is 6.07 Å². The van der Waals surface area contributed by atoms with Gasteiger partial charge in [0.25, 0.3) is 0 Å². The van der Waals surface area contributed by atoms with Crippen molar-refractivity contribution in [2.75, 3.05) is 6.54 Å². The molecule has 0 aliphatic heterocycles. The summed E-state index contributed by atoms with van der Waals surface area (Å²) in [5.41, 5.74) is -0.221. The molecule has 2 heteroatoms. The Bertz CT molecular complexity index is 219. The van der Waals surface area contributed by atoms with Crippen molar-refractivity contribution < 1.29 is 0 Å². The summed E-state index contributed by atoms with van der Waals surface area (Å²) in [6.07, 6.45) is 6.64. The van der Waals surface area contributed by atoms with E-state index in [9.17, 15) is 0 Å². The van der Waals surface area contributed by atoms with Gasteiger partial charge in [0.2, 0.25) is 0 Å². The van der Waals surface area contributed by atoms with Crippen molar-refractivity contribution in [3.63, 3.8) is 0 Å². The van der Waals surface area contributed by atoms with Crippen molar-refractivity contribution in [1.29, 1.82) is 5.26 Å². The number of nitrogens with zero attached hydrogens (tertiary/aromatic N) is 1. The Morgan fingerprint density at radius 2 is 1.87 bits per heavy atom. The van der Waals surface area contributed by atoms with Crippen LogP contribution in [0.5, 0.6) is 0 Å². The van der Waals surface area contributed by atoms with Crippen LogP contribution in [0.25, 0.3) is 0 Å². The second-order valence-corrected chi connectivity index (χ2v) is 5.50. The van der Waals surface area contributed by atoms with Crippen LogP contribution < -0.4 is 5.32 Å². The van der Waals surface area contributed by atoms with Crippen LogP contribution in [0.4, 0.5) is 0 Å². The molecule has 1 saturated carbocycles. The lowest BCUT2D eigenvalue weighted by Gasteiger charge is -2.30. The van der Waals surface area contributed by atoms with E-state index < -0.39 is 0 Å². The maximum atomic E-state index is 8.91. The minimum absolute atomic E-state index is 0.221. The molecule has 0 aromatic carbocycles. The van der Waals surface area contributed by atoms with Gasteiger partial charge in [-0.2, -0.15) is 5.26 Å². The minimum atomic E-state index is -0.221. The van der Waals surface area contributed by atoms with Gasteiger partial charge in [0.15, 0.2) is 0 Å². The Balaban J connectivity index is 2.22. The minimum Gasteiger partial charge on any atom is -0.312 e. The molecule has 0 spiro atoms. The Morgan fingerprint density at radius 1 is 1.27 bits per heavy atom. The van der Waals surface area contributed by atoms with Gasteiger partial charge in [0, 0.05) is 12.6 Å². The van der Waals surface area contributed by atoms with E-state index in [-0.39, 0.29) is 5.41 Å². The van der Waals surface area contributed by atoms with Crippen molar-refractivity contribution in [2.45, 2.75) is 58.9 Å². The first-order chi connectivity index (χ1) is 7.07. The molecule has 1 fully saturated rings. The molecule has 0 aromatic heterocycles. The molecule has 1 aliphatic carbocycles. The zero-order valence-electron chi connectivity index (χ0n) is 10.3. The zero-order valence-corrected chi connectivity index (χ0v) is 10.3. The lowest BCUT2D eigenvalue weighted by Crippen LogP contribution is -2.38. The lowest BCUT2D eigenvalue weighted by molar-refractivity contribution is 0.271. The maximum Gasteiger partial charge on any atom is 0.0697 e. The van der Waals surface area contributed by atoms with E-state index in [0.29, 0.717) is 6.04 Å². The maximum absolute atomic E-state index is 8.91. The molecule has 1 aliphatic rings. The summed E-state index contributed by atoms with van der Waals surface area (Å²) in [5.74, 6) is 0.951. The Hall–Kier alpha value is -0.550. The molecule has 0 atom stereocenters. The van der Waals surface area contributed by atoms with Gasteiger partial charge in [0.1, 0.15) is 0 Å². The van der Waals surface area contributed by atoms with Gasteiger partial charge in [-0.3, -0.25) is 0 Å². The fraction of sp³-hybridized carbons (Fsp3) is 0.923. The van der Waals surface area contributed by atoms with Gasteiger partial charge in [-0.1, -0.05) is 13.3 Å². The van der Waals surface area contributed by atoms with Crippen LogP contribution in [0, 0.1) is 22.7 Å². The predicted molar refractivity (Wildman–Crippen MR) is 63.4 cm³/mol.